The van der Waals surface area contributed by atoms with Gasteiger partial charge >= 0.3 is 12.1 Å². The molecule has 7 heteroatoms. The molecule has 124 valence electrons. The normalized spacial score (nSPS) is 29.5. The third-order valence-corrected chi connectivity index (χ3v) is 4.38. The van der Waals surface area contributed by atoms with E-state index in [4.69, 9.17) is 14.6 Å². The van der Waals surface area contributed by atoms with Gasteiger partial charge in [0.1, 0.15) is 11.9 Å². The lowest BCUT2D eigenvalue weighted by atomic mass is 9.84. The van der Waals surface area contributed by atoms with E-state index in [1.54, 1.807) is 0 Å². The molecule has 1 aromatic rings. The summed E-state index contributed by atoms with van der Waals surface area (Å²) in [5.74, 6) is -1.83. The summed E-state index contributed by atoms with van der Waals surface area (Å²) in [5, 5.41) is 9.01. The summed E-state index contributed by atoms with van der Waals surface area (Å²) in [4.78, 5) is 11.0. The fourth-order valence-electron chi connectivity index (χ4n) is 3.25. The molecule has 3 unspecified atom stereocenters. The summed E-state index contributed by atoms with van der Waals surface area (Å²) in [6.07, 6.45) is -1.68. The van der Waals surface area contributed by atoms with E-state index in [0.717, 1.165) is 24.6 Å². The molecule has 0 aliphatic carbocycles. The summed E-state index contributed by atoms with van der Waals surface area (Å²) < 4.78 is 50.9. The maximum absolute atomic E-state index is 13.2. The number of hydrogen-bond donors (Lipinski definition) is 1. The quantitative estimate of drug-likeness (QED) is 0.857. The molecular weight excluding hydrogens is 313 g/mol. The maximum Gasteiger partial charge on any atom is 0.419 e. The van der Waals surface area contributed by atoms with Gasteiger partial charge in [0.25, 0.3) is 0 Å². The Kier molecular flexibility index (Phi) is 3.63. The zero-order valence-electron chi connectivity index (χ0n) is 12.1. The third-order valence-electron chi connectivity index (χ3n) is 4.38. The predicted molar refractivity (Wildman–Crippen MR) is 74.5 cm³/mol. The summed E-state index contributed by atoms with van der Waals surface area (Å²) in [6, 6.07) is 2.54. The molecule has 0 radical (unpaired) electrons. The van der Waals surface area contributed by atoms with Gasteiger partial charge in [0.2, 0.25) is 0 Å². The fourth-order valence-corrected chi connectivity index (χ4v) is 3.25. The lowest BCUT2D eigenvalue weighted by molar-refractivity contribution is -0.140. The summed E-state index contributed by atoms with van der Waals surface area (Å²) in [6.45, 7) is 3.68. The molecule has 0 spiro atoms. The molecule has 2 saturated heterocycles. The molecule has 2 aliphatic rings. The number of carbonyl (C=O) groups is 1. The Morgan fingerprint density at radius 2 is 2.17 bits per heavy atom. The van der Waals surface area contributed by atoms with E-state index in [2.05, 4.69) is 6.58 Å². The van der Waals surface area contributed by atoms with Crippen molar-refractivity contribution in [3.8, 4) is 5.75 Å². The number of rotatable bonds is 4. The largest absolute Gasteiger partial charge is 0.480 e. The summed E-state index contributed by atoms with van der Waals surface area (Å²) >= 11 is 0. The summed E-state index contributed by atoms with van der Waals surface area (Å²) in [5.41, 5.74) is -2.33. The van der Waals surface area contributed by atoms with Gasteiger partial charge in [0, 0.05) is 6.42 Å². The highest BCUT2D eigenvalue weighted by Gasteiger charge is 2.53. The molecule has 4 nitrogen and oxygen atoms in total. The van der Waals surface area contributed by atoms with Crippen LogP contribution in [0, 0.1) is 0 Å². The van der Waals surface area contributed by atoms with Gasteiger partial charge in [-0.05, 0) is 37.1 Å². The smallest absolute Gasteiger partial charge is 0.419 e. The van der Waals surface area contributed by atoms with Crippen molar-refractivity contribution in [1.82, 2.24) is 0 Å². The van der Waals surface area contributed by atoms with E-state index in [-0.39, 0.29) is 17.8 Å². The average molecular weight is 328 g/mol. The summed E-state index contributed by atoms with van der Waals surface area (Å²) in [7, 11) is 0. The van der Waals surface area contributed by atoms with Crippen LogP contribution in [0.4, 0.5) is 13.2 Å². The SMILES string of the molecule is C=CC1(Oc2cc(C(=O)O)ccc2C(F)(F)F)CC2CCC1O2. The van der Waals surface area contributed by atoms with Crippen LogP contribution >= 0.6 is 0 Å². The van der Waals surface area contributed by atoms with Gasteiger partial charge in [-0.1, -0.05) is 6.58 Å². The number of fused-ring (bicyclic) bond motifs is 2. The highest BCUT2D eigenvalue weighted by atomic mass is 19.4. The first-order valence-electron chi connectivity index (χ1n) is 7.18. The van der Waals surface area contributed by atoms with E-state index in [0.29, 0.717) is 12.8 Å². The Balaban J connectivity index is 2.02. The van der Waals surface area contributed by atoms with Crippen LogP contribution in [-0.2, 0) is 10.9 Å². The molecular formula is C16H15F3O4. The van der Waals surface area contributed by atoms with E-state index < -0.39 is 29.1 Å². The molecule has 0 saturated carbocycles. The third kappa shape index (κ3) is 2.69. The van der Waals surface area contributed by atoms with Crippen molar-refractivity contribution in [2.24, 2.45) is 0 Å². The average Bonchev–Trinajstić information content (AvgIpc) is 3.07. The van der Waals surface area contributed by atoms with Crippen molar-refractivity contribution in [3.05, 3.63) is 42.0 Å². The van der Waals surface area contributed by atoms with E-state index in [9.17, 15) is 18.0 Å². The highest BCUT2D eigenvalue weighted by Crippen LogP contribution is 2.47. The zero-order chi connectivity index (χ0) is 16.8. The first kappa shape index (κ1) is 15.9. The van der Waals surface area contributed by atoms with Gasteiger partial charge in [-0.3, -0.25) is 0 Å². The van der Waals surface area contributed by atoms with E-state index >= 15 is 0 Å². The fraction of sp³-hybridized carbons (Fsp3) is 0.438. The van der Waals surface area contributed by atoms with Crippen LogP contribution in [0.5, 0.6) is 5.75 Å². The minimum atomic E-state index is -4.65. The van der Waals surface area contributed by atoms with Gasteiger partial charge in [-0.25, -0.2) is 4.79 Å². The van der Waals surface area contributed by atoms with Crippen LogP contribution in [0.3, 0.4) is 0 Å². The number of halogens is 3. The standard InChI is InChI=1S/C16H15F3O4/c1-2-15(8-10-4-6-13(15)22-10)23-12-7-9(14(20)21)3-5-11(12)16(17,18)19/h2-3,5,7,10,13H,1,4,6,8H2,(H,20,21). The molecule has 0 aromatic heterocycles. The van der Waals surface area contributed by atoms with E-state index in [1.807, 2.05) is 0 Å². The molecule has 2 heterocycles. The molecule has 3 atom stereocenters. The number of carboxylic acids is 1. The molecule has 1 aromatic carbocycles. The Labute approximate surface area is 130 Å². The van der Waals surface area contributed by atoms with Gasteiger partial charge in [0.15, 0.2) is 5.60 Å². The molecule has 23 heavy (non-hydrogen) atoms. The first-order valence-corrected chi connectivity index (χ1v) is 7.18. The molecule has 0 amide bonds. The second kappa shape index (κ2) is 5.26. The number of carboxylic acid groups (broad SMARTS) is 1. The minimum absolute atomic E-state index is 0.0602. The lowest BCUT2D eigenvalue weighted by Gasteiger charge is -2.34. The van der Waals surface area contributed by atoms with Crippen molar-refractivity contribution < 1.29 is 32.5 Å². The van der Waals surface area contributed by atoms with Gasteiger partial charge < -0.3 is 14.6 Å². The lowest BCUT2D eigenvalue weighted by Crippen LogP contribution is -2.43. The number of hydrogen-bond acceptors (Lipinski definition) is 3. The second-order valence-electron chi connectivity index (χ2n) is 5.80. The predicted octanol–water partition coefficient (Wildman–Crippen LogP) is 3.66. The van der Waals surface area contributed by atoms with Gasteiger partial charge in [-0.2, -0.15) is 13.2 Å². The van der Waals surface area contributed by atoms with Crippen molar-refractivity contribution in [2.75, 3.05) is 0 Å². The topological polar surface area (TPSA) is 55.8 Å². The van der Waals surface area contributed by atoms with Gasteiger partial charge in [-0.15, -0.1) is 0 Å². The van der Waals surface area contributed by atoms with Crippen LogP contribution in [0.1, 0.15) is 35.2 Å². The van der Waals surface area contributed by atoms with Crippen molar-refractivity contribution in [3.63, 3.8) is 0 Å². The Hall–Kier alpha value is -2.02. The molecule has 3 rings (SSSR count). The molecule has 2 fully saturated rings. The van der Waals surface area contributed by atoms with Crippen molar-refractivity contribution >= 4 is 5.97 Å². The zero-order valence-corrected chi connectivity index (χ0v) is 12.1. The number of alkyl halides is 3. The molecule has 1 N–H and O–H groups in total. The van der Waals surface area contributed by atoms with Crippen LogP contribution in [-0.4, -0.2) is 28.9 Å². The van der Waals surface area contributed by atoms with E-state index in [1.165, 1.54) is 6.08 Å². The first-order chi connectivity index (χ1) is 10.7. The minimum Gasteiger partial charge on any atom is -0.480 e. The van der Waals surface area contributed by atoms with Crippen LogP contribution in [0.25, 0.3) is 0 Å². The maximum atomic E-state index is 13.2. The molecule has 2 aliphatic heterocycles. The molecule has 2 bridgehead atoms. The Bertz CT molecular complexity index is 655. The monoisotopic (exact) mass is 328 g/mol. The number of ether oxygens (including phenoxy) is 2. The van der Waals surface area contributed by atoms with Gasteiger partial charge in [0.05, 0.1) is 17.2 Å². The number of aromatic carboxylic acids is 1. The van der Waals surface area contributed by atoms with Crippen LogP contribution in [0.2, 0.25) is 0 Å². The Morgan fingerprint density at radius 3 is 2.65 bits per heavy atom. The number of benzene rings is 1. The second-order valence-corrected chi connectivity index (χ2v) is 5.80. The van der Waals surface area contributed by atoms with Crippen molar-refractivity contribution in [2.45, 2.75) is 43.2 Å². The van der Waals surface area contributed by atoms with Crippen LogP contribution < -0.4 is 4.74 Å². The van der Waals surface area contributed by atoms with Crippen molar-refractivity contribution in [1.29, 1.82) is 0 Å². The van der Waals surface area contributed by atoms with Crippen LogP contribution in [0.15, 0.2) is 30.9 Å². The Morgan fingerprint density at radius 1 is 1.43 bits per heavy atom. The highest BCUT2D eigenvalue weighted by molar-refractivity contribution is 5.88.